The van der Waals surface area contributed by atoms with Gasteiger partial charge in [-0.1, -0.05) is 18.2 Å². The molecule has 0 saturated heterocycles. The highest BCUT2D eigenvalue weighted by atomic mass is 16.1. The number of amides is 1. The van der Waals surface area contributed by atoms with Crippen molar-refractivity contribution in [3.63, 3.8) is 0 Å². The van der Waals surface area contributed by atoms with Gasteiger partial charge in [0.2, 0.25) is 5.91 Å². The first-order valence-electron chi connectivity index (χ1n) is 7.64. The molecule has 2 aromatic carbocycles. The van der Waals surface area contributed by atoms with Crippen LogP contribution in [0.5, 0.6) is 0 Å². The predicted molar refractivity (Wildman–Crippen MR) is 93.6 cm³/mol. The fourth-order valence-corrected chi connectivity index (χ4v) is 2.50. The Kier molecular flexibility index (Phi) is 5.21. The van der Waals surface area contributed by atoms with Crippen molar-refractivity contribution in [2.75, 3.05) is 17.2 Å². The molecule has 2 aromatic rings. The van der Waals surface area contributed by atoms with Crippen LogP contribution in [0, 0.1) is 27.7 Å². The van der Waals surface area contributed by atoms with Crippen molar-refractivity contribution in [2.45, 2.75) is 34.1 Å². The van der Waals surface area contributed by atoms with Crippen LogP contribution >= 0.6 is 0 Å². The Morgan fingerprint density at radius 1 is 1.00 bits per heavy atom. The maximum Gasteiger partial charge on any atom is 0.226 e. The Morgan fingerprint density at radius 2 is 1.68 bits per heavy atom. The zero-order valence-electron chi connectivity index (χ0n) is 13.8. The molecule has 0 saturated carbocycles. The number of nitrogens with one attached hydrogen (secondary N) is 2. The molecule has 0 fully saturated rings. The highest BCUT2D eigenvalue weighted by Gasteiger charge is 2.06. The smallest absolute Gasteiger partial charge is 0.226 e. The Bertz CT molecular complexity index is 657. The van der Waals surface area contributed by atoms with E-state index in [1.54, 1.807) is 0 Å². The lowest BCUT2D eigenvalue weighted by Gasteiger charge is -2.11. The van der Waals surface area contributed by atoms with Crippen LogP contribution in [0.15, 0.2) is 36.4 Å². The van der Waals surface area contributed by atoms with Crippen LogP contribution in [-0.4, -0.2) is 12.5 Å². The monoisotopic (exact) mass is 296 g/mol. The first kappa shape index (κ1) is 16.1. The van der Waals surface area contributed by atoms with E-state index < -0.39 is 0 Å². The molecular formula is C19H24N2O. The van der Waals surface area contributed by atoms with Crippen molar-refractivity contribution in [3.05, 3.63) is 58.7 Å². The van der Waals surface area contributed by atoms with E-state index in [9.17, 15) is 4.79 Å². The van der Waals surface area contributed by atoms with Crippen LogP contribution < -0.4 is 10.6 Å². The molecule has 0 aliphatic rings. The molecule has 0 bridgehead atoms. The second-order valence-corrected chi connectivity index (χ2v) is 5.85. The molecule has 3 heteroatoms. The van der Waals surface area contributed by atoms with Crippen LogP contribution in [0.1, 0.15) is 28.7 Å². The third kappa shape index (κ3) is 4.35. The molecule has 22 heavy (non-hydrogen) atoms. The molecule has 2 rings (SSSR count). The van der Waals surface area contributed by atoms with Crippen LogP contribution in [0.2, 0.25) is 0 Å². The van der Waals surface area contributed by atoms with Gasteiger partial charge in [0.1, 0.15) is 0 Å². The summed E-state index contributed by atoms with van der Waals surface area (Å²) in [4.78, 5) is 12.0. The Labute approximate surface area is 132 Å². The van der Waals surface area contributed by atoms with E-state index in [-0.39, 0.29) is 5.91 Å². The number of carbonyl (C=O) groups excluding carboxylic acids is 1. The maximum absolute atomic E-state index is 12.0. The fourth-order valence-electron chi connectivity index (χ4n) is 2.50. The number of hydrogen-bond acceptors (Lipinski definition) is 2. The van der Waals surface area contributed by atoms with Crippen molar-refractivity contribution < 1.29 is 4.79 Å². The quantitative estimate of drug-likeness (QED) is 0.860. The average molecular weight is 296 g/mol. The normalized spacial score (nSPS) is 10.4. The summed E-state index contributed by atoms with van der Waals surface area (Å²) in [5, 5.41) is 6.29. The largest absolute Gasteiger partial charge is 0.385 e. The number of benzene rings is 2. The molecule has 2 N–H and O–H groups in total. The average Bonchev–Trinajstić information content (AvgIpc) is 2.43. The molecule has 0 radical (unpaired) electrons. The second-order valence-electron chi connectivity index (χ2n) is 5.85. The van der Waals surface area contributed by atoms with Crippen LogP contribution in [0.25, 0.3) is 0 Å². The van der Waals surface area contributed by atoms with Crippen molar-refractivity contribution >= 4 is 17.3 Å². The molecule has 0 aliphatic carbocycles. The lowest BCUT2D eigenvalue weighted by molar-refractivity contribution is -0.115. The summed E-state index contributed by atoms with van der Waals surface area (Å²) >= 11 is 0. The zero-order chi connectivity index (χ0) is 16.1. The molecule has 0 aliphatic heterocycles. The van der Waals surface area contributed by atoms with E-state index in [1.807, 2.05) is 32.0 Å². The molecule has 0 unspecified atom stereocenters. The minimum atomic E-state index is 0.0329. The second kappa shape index (κ2) is 7.12. The van der Waals surface area contributed by atoms with Gasteiger partial charge >= 0.3 is 0 Å². The molecule has 1 amide bonds. The standard InChI is InChI=1S/C19H24N2O/c1-13-10-14(2)12-17(11-13)20-9-8-19(22)21-18-7-5-6-15(3)16(18)4/h5-7,10-12,20H,8-9H2,1-4H3,(H,21,22). The number of hydrogen-bond donors (Lipinski definition) is 2. The van der Waals surface area contributed by atoms with Crippen molar-refractivity contribution in [1.82, 2.24) is 0 Å². The fraction of sp³-hybridized carbons (Fsp3) is 0.316. The highest BCUT2D eigenvalue weighted by molar-refractivity contribution is 5.91. The summed E-state index contributed by atoms with van der Waals surface area (Å²) in [5.41, 5.74) is 6.72. The summed E-state index contributed by atoms with van der Waals surface area (Å²) in [6.07, 6.45) is 0.445. The molecule has 0 aromatic heterocycles. The molecule has 0 atom stereocenters. The van der Waals surface area contributed by atoms with Gasteiger partial charge in [-0.15, -0.1) is 0 Å². The van der Waals surface area contributed by atoms with Gasteiger partial charge in [-0.2, -0.15) is 0 Å². The van der Waals surface area contributed by atoms with Gasteiger partial charge in [0.15, 0.2) is 0 Å². The topological polar surface area (TPSA) is 41.1 Å². The summed E-state index contributed by atoms with van der Waals surface area (Å²) in [6, 6.07) is 12.3. The van der Waals surface area contributed by atoms with Gasteiger partial charge in [-0.3, -0.25) is 4.79 Å². The lowest BCUT2D eigenvalue weighted by atomic mass is 10.1. The molecular weight excluding hydrogens is 272 g/mol. The Hall–Kier alpha value is -2.29. The van der Waals surface area contributed by atoms with Crippen molar-refractivity contribution in [2.24, 2.45) is 0 Å². The predicted octanol–water partition coefficient (Wildman–Crippen LogP) is 4.36. The first-order valence-corrected chi connectivity index (χ1v) is 7.64. The van der Waals surface area contributed by atoms with Gasteiger partial charge in [-0.25, -0.2) is 0 Å². The number of rotatable bonds is 5. The van der Waals surface area contributed by atoms with Gasteiger partial charge in [0.05, 0.1) is 0 Å². The number of carbonyl (C=O) groups is 1. The maximum atomic E-state index is 12.0. The molecule has 0 spiro atoms. The van der Waals surface area contributed by atoms with E-state index in [2.05, 4.69) is 42.7 Å². The van der Waals surface area contributed by atoms with Crippen LogP contribution in [0.3, 0.4) is 0 Å². The van der Waals surface area contributed by atoms with Gasteiger partial charge in [0.25, 0.3) is 0 Å². The van der Waals surface area contributed by atoms with E-state index in [1.165, 1.54) is 16.7 Å². The van der Waals surface area contributed by atoms with E-state index >= 15 is 0 Å². The Balaban J connectivity index is 1.86. The summed E-state index contributed by atoms with van der Waals surface area (Å²) in [5.74, 6) is 0.0329. The molecule has 116 valence electrons. The first-order chi connectivity index (χ1) is 10.5. The highest BCUT2D eigenvalue weighted by Crippen LogP contribution is 2.18. The molecule has 3 nitrogen and oxygen atoms in total. The summed E-state index contributed by atoms with van der Waals surface area (Å²) in [6.45, 7) is 8.85. The van der Waals surface area contributed by atoms with Crippen molar-refractivity contribution in [3.8, 4) is 0 Å². The van der Waals surface area contributed by atoms with E-state index in [0.717, 1.165) is 16.9 Å². The van der Waals surface area contributed by atoms with E-state index in [4.69, 9.17) is 0 Å². The van der Waals surface area contributed by atoms with Gasteiger partial charge < -0.3 is 10.6 Å². The third-order valence-corrected chi connectivity index (χ3v) is 3.78. The summed E-state index contributed by atoms with van der Waals surface area (Å²) < 4.78 is 0. The zero-order valence-corrected chi connectivity index (χ0v) is 13.8. The summed E-state index contributed by atoms with van der Waals surface area (Å²) in [7, 11) is 0. The van der Waals surface area contributed by atoms with Crippen LogP contribution in [0.4, 0.5) is 11.4 Å². The minimum Gasteiger partial charge on any atom is -0.385 e. The van der Waals surface area contributed by atoms with E-state index in [0.29, 0.717) is 13.0 Å². The van der Waals surface area contributed by atoms with Crippen molar-refractivity contribution in [1.29, 1.82) is 0 Å². The molecule has 0 heterocycles. The third-order valence-electron chi connectivity index (χ3n) is 3.78. The van der Waals surface area contributed by atoms with Crippen LogP contribution in [-0.2, 0) is 4.79 Å². The minimum absolute atomic E-state index is 0.0329. The lowest BCUT2D eigenvalue weighted by Crippen LogP contribution is -2.17. The number of anilines is 2. The number of aryl methyl sites for hydroxylation is 3. The van der Waals surface area contributed by atoms with Gasteiger partial charge in [0, 0.05) is 24.3 Å². The van der Waals surface area contributed by atoms with Gasteiger partial charge in [-0.05, 0) is 68.1 Å². The SMILES string of the molecule is Cc1cc(C)cc(NCCC(=O)Nc2cccc(C)c2C)c1. The Morgan fingerprint density at radius 3 is 2.36 bits per heavy atom.